The molecule has 1 aromatic carbocycles. The van der Waals surface area contributed by atoms with Crippen molar-refractivity contribution in [1.29, 1.82) is 0 Å². The second-order valence-electron chi connectivity index (χ2n) is 7.75. The topological polar surface area (TPSA) is 58.6 Å². The molecule has 7 heteroatoms. The van der Waals surface area contributed by atoms with E-state index in [-0.39, 0.29) is 17.8 Å². The lowest BCUT2D eigenvalue weighted by Gasteiger charge is -2.35. The molecule has 1 aromatic heterocycles. The summed E-state index contributed by atoms with van der Waals surface area (Å²) in [6, 6.07) is 6.10. The maximum atomic E-state index is 13.0. The highest BCUT2D eigenvalue weighted by atomic mass is 19.1. The number of aromatic nitrogens is 2. The molecule has 2 aliphatic rings. The van der Waals surface area contributed by atoms with E-state index < -0.39 is 0 Å². The maximum absolute atomic E-state index is 13.0. The van der Waals surface area contributed by atoms with E-state index in [0.29, 0.717) is 12.4 Å². The van der Waals surface area contributed by atoms with Gasteiger partial charge < -0.3 is 9.64 Å². The van der Waals surface area contributed by atoms with Gasteiger partial charge in [0.1, 0.15) is 18.2 Å². The zero-order valence-electron chi connectivity index (χ0n) is 16.8. The van der Waals surface area contributed by atoms with Crippen LogP contribution in [-0.4, -0.2) is 51.9 Å². The van der Waals surface area contributed by atoms with Crippen molar-refractivity contribution in [2.45, 2.75) is 45.2 Å². The number of carbonyl (C=O) groups excluding carboxylic acids is 1. The minimum Gasteiger partial charge on any atom is -0.492 e. The summed E-state index contributed by atoms with van der Waals surface area (Å²) in [5.74, 6) is 1.30. The molecule has 154 valence electrons. The molecule has 0 unspecified atom stereocenters. The van der Waals surface area contributed by atoms with Crippen LogP contribution in [0.25, 0.3) is 0 Å². The highest BCUT2D eigenvalue weighted by Crippen LogP contribution is 2.30. The number of ether oxygens (including phenoxy) is 1. The minimum absolute atomic E-state index is 0.00805. The molecule has 0 radical (unpaired) electrons. The van der Waals surface area contributed by atoms with Crippen LogP contribution in [0.4, 0.5) is 4.39 Å². The lowest BCUT2D eigenvalue weighted by Crippen LogP contribution is -2.38. The van der Waals surface area contributed by atoms with Gasteiger partial charge in [-0.2, -0.15) is 0 Å². The summed E-state index contributed by atoms with van der Waals surface area (Å²) >= 11 is 0. The average molecular weight is 398 g/mol. The van der Waals surface area contributed by atoms with Crippen molar-refractivity contribution in [2.24, 2.45) is 0 Å². The molecule has 0 bridgehead atoms. The molecule has 1 saturated heterocycles. The van der Waals surface area contributed by atoms with E-state index in [1.54, 1.807) is 19.1 Å². The fraction of sp³-hybridized carbons (Fsp3) is 0.500. The fourth-order valence-electron chi connectivity index (χ4n) is 4.14. The van der Waals surface area contributed by atoms with Crippen LogP contribution < -0.4 is 4.74 Å². The van der Waals surface area contributed by atoms with Gasteiger partial charge in [-0.3, -0.25) is 9.69 Å². The third-order valence-electron chi connectivity index (χ3n) is 5.73. The number of hydrogen-bond acceptors (Lipinski definition) is 5. The van der Waals surface area contributed by atoms with Gasteiger partial charge in [0.15, 0.2) is 5.82 Å². The summed E-state index contributed by atoms with van der Waals surface area (Å²) in [5, 5.41) is 0. The summed E-state index contributed by atoms with van der Waals surface area (Å²) < 4.78 is 18.7. The molecule has 0 aliphatic carbocycles. The van der Waals surface area contributed by atoms with E-state index in [4.69, 9.17) is 9.72 Å². The predicted octanol–water partition coefficient (Wildman–Crippen LogP) is 3.13. The first-order valence-corrected chi connectivity index (χ1v) is 10.3. The first-order chi connectivity index (χ1) is 14.1. The smallest absolute Gasteiger partial charge is 0.220 e. The number of carbonyl (C=O) groups is 1. The SMILES string of the molecule is CC(=O)N1CCCC[C@H]1c1ncc2c(n1)CCN(CCOc1ccc(F)cc1)C2. The van der Waals surface area contributed by atoms with Crippen LogP contribution in [0.15, 0.2) is 30.5 Å². The Morgan fingerprint density at radius 2 is 2.07 bits per heavy atom. The van der Waals surface area contributed by atoms with Crippen LogP contribution in [0, 0.1) is 5.82 Å². The minimum atomic E-state index is -0.260. The normalized spacial score (nSPS) is 19.7. The number of nitrogens with zero attached hydrogens (tertiary/aromatic N) is 4. The Kier molecular flexibility index (Phi) is 6.04. The third-order valence-corrected chi connectivity index (χ3v) is 5.73. The molecule has 2 aromatic rings. The molecule has 1 fully saturated rings. The van der Waals surface area contributed by atoms with Gasteiger partial charge in [0.2, 0.25) is 5.91 Å². The third kappa shape index (κ3) is 4.72. The lowest BCUT2D eigenvalue weighted by atomic mass is 10.0. The predicted molar refractivity (Wildman–Crippen MR) is 107 cm³/mol. The van der Waals surface area contributed by atoms with Crippen molar-refractivity contribution >= 4 is 5.91 Å². The Morgan fingerprint density at radius 1 is 1.24 bits per heavy atom. The molecule has 3 heterocycles. The number of halogens is 1. The number of likely N-dealkylation sites (tertiary alicyclic amines) is 1. The molecule has 0 N–H and O–H groups in total. The van der Waals surface area contributed by atoms with E-state index in [9.17, 15) is 9.18 Å². The van der Waals surface area contributed by atoms with Gasteiger partial charge in [-0.15, -0.1) is 0 Å². The summed E-state index contributed by atoms with van der Waals surface area (Å²) in [5.41, 5.74) is 2.24. The molecule has 0 saturated carbocycles. The van der Waals surface area contributed by atoms with E-state index >= 15 is 0 Å². The van der Waals surface area contributed by atoms with Gasteiger partial charge in [0, 0.05) is 57.0 Å². The van der Waals surface area contributed by atoms with Crippen LogP contribution in [0.3, 0.4) is 0 Å². The van der Waals surface area contributed by atoms with Crippen molar-refractivity contribution in [3.8, 4) is 5.75 Å². The fourth-order valence-corrected chi connectivity index (χ4v) is 4.14. The summed E-state index contributed by atoms with van der Waals surface area (Å²) in [7, 11) is 0. The van der Waals surface area contributed by atoms with Crippen molar-refractivity contribution in [3.63, 3.8) is 0 Å². The Hall–Kier alpha value is -2.54. The average Bonchev–Trinajstić information content (AvgIpc) is 2.74. The summed E-state index contributed by atoms with van der Waals surface area (Å²) in [4.78, 5) is 25.7. The first-order valence-electron chi connectivity index (χ1n) is 10.3. The summed E-state index contributed by atoms with van der Waals surface area (Å²) in [6.07, 6.45) is 5.89. The molecule has 1 atom stereocenters. The molecule has 2 aliphatic heterocycles. The number of rotatable bonds is 5. The standard InChI is InChI=1S/C22H27FN4O2/c1-16(28)27-10-3-2-4-21(27)22-24-14-17-15-26(11-9-20(17)25-22)12-13-29-19-7-5-18(23)6-8-19/h5-8,14,21H,2-4,9-13,15H2,1H3/t21-/m0/s1. The van der Waals surface area contributed by atoms with E-state index in [1.165, 1.54) is 12.1 Å². The maximum Gasteiger partial charge on any atom is 0.220 e. The van der Waals surface area contributed by atoms with Gasteiger partial charge in [-0.1, -0.05) is 0 Å². The van der Waals surface area contributed by atoms with Crippen molar-refractivity contribution in [1.82, 2.24) is 19.8 Å². The lowest BCUT2D eigenvalue weighted by molar-refractivity contribution is -0.132. The Morgan fingerprint density at radius 3 is 2.86 bits per heavy atom. The number of hydrogen-bond donors (Lipinski definition) is 0. The summed E-state index contributed by atoms with van der Waals surface area (Å²) in [6.45, 7) is 5.47. The van der Waals surface area contributed by atoms with Gasteiger partial charge in [0.05, 0.1) is 6.04 Å². The van der Waals surface area contributed by atoms with Crippen molar-refractivity contribution in [2.75, 3.05) is 26.2 Å². The molecule has 4 rings (SSSR count). The van der Waals surface area contributed by atoms with Crippen LogP contribution in [0.2, 0.25) is 0 Å². The quantitative estimate of drug-likeness (QED) is 0.775. The molecule has 1 amide bonds. The van der Waals surface area contributed by atoms with Crippen molar-refractivity contribution in [3.05, 3.63) is 53.4 Å². The van der Waals surface area contributed by atoms with E-state index in [0.717, 1.165) is 68.9 Å². The van der Waals surface area contributed by atoms with Crippen molar-refractivity contribution < 1.29 is 13.9 Å². The molecule has 6 nitrogen and oxygen atoms in total. The van der Waals surface area contributed by atoms with Gasteiger partial charge in [-0.05, 0) is 43.5 Å². The highest BCUT2D eigenvalue weighted by molar-refractivity contribution is 5.73. The zero-order chi connectivity index (χ0) is 20.2. The van der Waals surface area contributed by atoms with Crippen LogP contribution in [0.1, 0.15) is 49.3 Å². The monoisotopic (exact) mass is 398 g/mol. The largest absolute Gasteiger partial charge is 0.492 e. The molecular formula is C22H27FN4O2. The van der Waals surface area contributed by atoms with E-state index in [1.807, 2.05) is 11.1 Å². The first kappa shape index (κ1) is 19.8. The second kappa shape index (κ2) is 8.86. The molecule has 0 spiro atoms. The second-order valence-corrected chi connectivity index (χ2v) is 7.75. The Balaban J connectivity index is 1.35. The van der Waals surface area contributed by atoms with Gasteiger partial charge in [0.25, 0.3) is 0 Å². The Labute approximate surface area is 170 Å². The van der Waals surface area contributed by atoms with Gasteiger partial charge in [-0.25, -0.2) is 14.4 Å². The molecular weight excluding hydrogens is 371 g/mol. The number of fused-ring (bicyclic) bond motifs is 1. The van der Waals surface area contributed by atoms with Crippen LogP contribution >= 0.6 is 0 Å². The van der Waals surface area contributed by atoms with Gasteiger partial charge >= 0.3 is 0 Å². The van der Waals surface area contributed by atoms with Crippen LogP contribution in [-0.2, 0) is 17.8 Å². The number of amides is 1. The highest BCUT2D eigenvalue weighted by Gasteiger charge is 2.29. The number of benzene rings is 1. The zero-order valence-corrected chi connectivity index (χ0v) is 16.8. The number of piperidine rings is 1. The van der Waals surface area contributed by atoms with E-state index in [2.05, 4.69) is 9.88 Å². The Bertz CT molecular complexity index is 858. The van der Waals surface area contributed by atoms with Crippen LogP contribution in [0.5, 0.6) is 5.75 Å². The molecule has 29 heavy (non-hydrogen) atoms.